The second-order valence-corrected chi connectivity index (χ2v) is 5.93. The molecule has 0 atom stereocenters. The molecular formula is C18H25NO3. The van der Waals surface area contributed by atoms with Gasteiger partial charge in [0.15, 0.2) is 0 Å². The summed E-state index contributed by atoms with van der Waals surface area (Å²) in [6, 6.07) is 9.81. The van der Waals surface area contributed by atoms with E-state index in [-0.39, 0.29) is 24.4 Å². The van der Waals surface area contributed by atoms with Crippen LogP contribution in [0.1, 0.15) is 51.0 Å². The Hall–Kier alpha value is -1.84. The molecule has 4 nitrogen and oxygen atoms in total. The van der Waals surface area contributed by atoms with Crippen molar-refractivity contribution < 1.29 is 14.3 Å². The second kappa shape index (κ2) is 8.57. The minimum absolute atomic E-state index is 0.0191. The van der Waals surface area contributed by atoms with Crippen LogP contribution < -0.4 is 0 Å². The van der Waals surface area contributed by atoms with Crippen molar-refractivity contribution in [3.8, 4) is 0 Å². The van der Waals surface area contributed by atoms with Gasteiger partial charge in [-0.05, 0) is 31.2 Å². The molecule has 120 valence electrons. The summed E-state index contributed by atoms with van der Waals surface area (Å²) in [5.41, 5.74) is 1.07. The largest absolute Gasteiger partial charge is 0.462 e. The molecule has 2 rings (SSSR count). The number of ether oxygens (including phenoxy) is 1. The van der Waals surface area contributed by atoms with Crippen molar-refractivity contribution in [2.45, 2.75) is 58.1 Å². The average molecular weight is 303 g/mol. The highest BCUT2D eigenvalue weighted by Gasteiger charge is 2.18. The van der Waals surface area contributed by atoms with Gasteiger partial charge in [0.1, 0.15) is 6.10 Å². The Morgan fingerprint density at radius 1 is 1.14 bits per heavy atom. The molecule has 1 aliphatic carbocycles. The minimum atomic E-state index is -0.189. The molecule has 1 aliphatic rings. The molecule has 0 bridgehead atoms. The number of benzene rings is 1. The fourth-order valence-corrected chi connectivity index (χ4v) is 2.81. The zero-order chi connectivity index (χ0) is 15.8. The van der Waals surface area contributed by atoms with E-state index in [1.807, 2.05) is 30.3 Å². The van der Waals surface area contributed by atoms with Crippen LogP contribution in [0.4, 0.5) is 0 Å². The van der Waals surface area contributed by atoms with Crippen LogP contribution in [0, 0.1) is 0 Å². The standard InChI is InChI=1S/C18H25NO3/c1-15(20)19(14-16-8-4-2-5-9-16)13-12-18(21)22-17-10-6-3-7-11-17/h2,4-5,8-9,17H,3,6-7,10-14H2,1H3. The quantitative estimate of drug-likeness (QED) is 0.758. The van der Waals surface area contributed by atoms with Crippen molar-refractivity contribution >= 4 is 11.9 Å². The van der Waals surface area contributed by atoms with Gasteiger partial charge in [0.05, 0.1) is 6.42 Å². The van der Waals surface area contributed by atoms with Crippen molar-refractivity contribution in [3.63, 3.8) is 0 Å². The maximum Gasteiger partial charge on any atom is 0.307 e. The van der Waals surface area contributed by atoms with Crippen molar-refractivity contribution in [3.05, 3.63) is 35.9 Å². The van der Waals surface area contributed by atoms with Crippen LogP contribution in [0.5, 0.6) is 0 Å². The highest BCUT2D eigenvalue weighted by atomic mass is 16.5. The van der Waals surface area contributed by atoms with Gasteiger partial charge >= 0.3 is 5.97 Å². The molecule has 1 aromatic rings. The zero-order valence-electron chi connectivity index (χ0n) is 13.3. The number of carbonyl (C=O) groups is 2. The number of rotatable bonds is 6. The Bertz CT molecular complexity index is 480. The fourth-order valence-electron chi connectivity index (χ4n) is 2.81. The first kappa shape index (κ1) is 16.5. The van der Waals surface area contributed by atoms with Gasteiger partial charge in [0.25, 0.3) is 0 Å². The fraction of sp³-hybridized carbons (Fsp3) is 0.556. The number of carbonyl (C=O) groups excluding carboxylic acids is 2. The number of hydrogen-bond donors (Lipinski definition) is 0. The van der Waals surface area contributed by atoms with Crippen molar-refractivity contribution in [1.29, 1.82) is 0 Å². The lowest BCUT2D eigenvalue weighted by atomic mass is 9.98. The summed E-state index contributed by atoms with van der Waals surface area (Å²) in [5, 5.41) is 0. The SMILES string of the molecule is CC(=O)N(CCC(=O)OC1CCCCC1)Cc1ccccc1. The summed E-state index contributed by atoms with van der Waals surface area (Å²) in [6.07, 6.45) is 5.84. The molecule has 0 spiro atoms. The molecule has 1 amide bonds. The molecule has 22 heavy (non-hydrogen) atoms. The van der Waals surface area contributed by atoms with E-state index in [0.717, 1.165) is 31.2 Å². The molecule has 0 aromatic heterocycles. The predicted octanol–water partition coefficient (Wildman–Crippen LogP) is 3.30. The Morgan fingerprint density at radius 2 is 1.82 bits per heavy atom. The van der Waals surface area contributed by atoms with Crippen molar-refractivity contribution in [1.82, 2.24) is 4.90 Å². The predicted molar refractivity (Wildman–Crippen MR) is 85.1 cm³/mol. The lowest BCUT2D eigenvalue weighted by Crippen LogP contribution is -2.31. The molecule has 0 aliphatic heterocycles. The Kier molecular flexibility index (Phi) is 6.44. The molecular weight excluding hydrogens is 278 g/mol. The highest BCUT2D eigenvalue weighted by molar-refractivity contribution is 5.75. The van der Waals surface area contributed by atoms with Crippen LogP contribution in [0.3, 0.4) is 0 Å². The molecule has 0 radical (unpaired) electrons. The summed E-state index contributed by atoms with van der Waals surface area (Å²) >= 11 is 0. The molecule has 1 fully saturated rings. The van der Waals surface area contributed by atoms with Crippen molar-refractivity contribution in [2.75, 3.05) is 6.54 Å². The monoisotopic (exact) mass is 303 g/mol. The second-order valence-electron chi connectivity index (χ2n) is 5.93. The van der Waals surface area contributed by atoms with E-state index in [0.29, 0.717) is 13.1 Å². The van der Waals surface area contributed by atoms with Crippen molar-refractivity contribution in [2.24, 2.45) is 0 Å². The number of nitrogens with zero attached hydrogens (tertiary/aromatic N) is 1. The van der Waals surface area contributed by atoms with E-state index in [1.165, 1.54) is 13.3 Å². The average Bonchev–Trinajstić information content (AvgIpc) is 2.53. The molecule has 1 aromatic carbocycles. The van der Waals surface area contributed by atoms with Gasteiger partial charge in [0.2, 0.25) is 5.91 Å². The molecule has 1 saturated carbocycles. The summed E-state index contributed by atoms with van der Waals surface area (Å²) < 4.78 is 5.49. The first-order valence-corrected chi connectivity index (χ1v) is 8.14. The molecule has 0 unspecified atom stereocenters. The number of esters is 1. The third-order valence-electron chi connectivity index (χ3n) is 4.10. The summed E-state index contributed by atoms with van der Waals surface area (Å²) in [5.74, 6) is -0.208. The van der Waals surface area contributed by atoms with Crippen LogP contribution in [0.15, 0.2) is 30.3 Å². The zero-order valence-corrected chi connectivity index (χ0v) is 13.3. The third-order valence-corrected chi connectivity index (χ3v) is 4.10. The van der Waals surface area contributed by atoms with Gasteiger partial charge in [-0.3, -0.25) is 9.59 Å². The van der Waals surface area contributed by atoms with Gasteiger partial charge in [-0.2, -0.15) is 0 Å². The third kappa shape index (κ3) is 5.51. The summed E-state index contributed by atoms with van der Waals surface area (Å²) in [7, 11) is 0. The van der Waals surface area contributed by atoms with E-state index in [9.17, 15) is 9.59 Å². The smallest absolute Gasteiger partial charge is 0.307 e. The van der Waals surface area contributed by atoms with E-state index in [2.05, 4.69) is 0 Å². The Balaban J connectivity index is 1.78. The van der Waals surface area contributed by atoms with Crippen LogP contribution in [0.2, 0.25) is 0 Å². The van der Waals surface area contributed by atoms with Gasteiger partial charge < -0.3 is 9.64 Å². The van der Waals surface area contributed by atoms with Gasteiger partial charge in [-0.15, -0.1) is 0 Å². The first-order chi connectivity index (χ1) is 10.6. The van der Waals surface area contributed by atoms with E-state index in [4.69, 9.17) is 4.74 Å². The van der Waals surface area contributed by atoms with Crippen LogP contribution >= 0.6 is 0 Å². The minimum Gasteiger partial charge on any atom is -0.462 e. The maximum atomic E-state index is 11.9. The van der Waals surface area contributed by atoms with E-state index in [1.54, 1.807) is 4.90 Å². The lowest BCUT2D eigenvalue weighted by Gasteiger charge is -2.24. The number of hydrogen-bond acceptors (Lipinski definition) is 3. The Labute approximate surface area is 132 Å². The maximum absolute atomic E-state index is 11.9. The van der Waals surface area contributed by atoms with Crippen LogP contribution in [-0.2, 0) is 20.9 Å². The number of amides is 1. The van der Waals surface area contributed by atoms with Crippen LogP contribution in [0.25, 0.3) is 0 Å². The first-order valence-electron chi connectivity index (χ1n) is 8.14. The van der Waals surface area contributed by atoms with E-state index >= 15 is 0 Å². The van der Waals surface area contributed by atoms with Gasteiger partial charge in [0, 0.05) is 20.0 Å². The summed E-state index contributed by atoms with van der Waals surface area (Å²) in [4.78, 5) is 25.3. The van der Waals surface area contributed by atoms with Gasteiger partial charge in [-0.25, -0.2) is 0 Å². The highest BCUT2D eigenvalue weighted by Crippen LogP contribution is 2.20. The lowest BCUT2D eigenvalue weighted by molar-refractivity contribution is -0.151. The van der Waals surface area contributed by atoms with Gasteiger partial charge in [-0.1, -0.05) is 36.8 Å². The van der Waals surface area contributed by atoms with Crippen LogP contribution in [-0.4, -0.2) is 29.4 Å². The van der Waals surface area contributed by atoms with E-state index < -0.39 is 0 Å². The molecule has 4 heteroatoms. The molecule has 0 saturated heterocycles. The summed E-state index contributed by atoms with van der Waals surface area (Å²) in [6.45, 7) is 2.48. The Morgan fingerprint density at radius 3 is 2.45 bits per heavy atom. The molecule has 0 N–H and O–H groups in total. The topological polar surface area (TPSA) is 46.6 Å². The molecule has 0 heterocycles. The normalized spacial score (nSPS) is 15.3.